The molecule has 0 aliphatic rings. The van der Waals surface area contributed by atoms with Gasteiger partial charge in [-0.05, 0) is 48.1 Å². The molecule has 114 valence electrons. The van der Waals surface area contributed by atoms with Gasteiger partial charge in [0.05, 0.1) is 11.0 Å². The minimum absolute atomic E-state index is 0.182. The molecule has 2 rings (SSSR count). The molecule has 0 radical (unpaired) electrons. The highest BCUT2D eigenvalue weighted by Gasteiger charge is 2.16. The van der Waals surface area contributed by atoms with E-state index in [2.05, 4.69) is 4.72 Å². The van der Waals surface area contributed by atoms with Crippen molar-refractivity contribution in [1.29, 1.82) is 0 Å². The molecule has 1 atom stereocenters. The van der Waals surface area contributed by atoms with Crippen molar-refractivity contribution in [3.05, 3.63) is 51.7 Å². The van der Waals surface area contributed by atoms with E-state index >= 15 is 0 Å². The Bertz CT molecular complexity index is 707. The lowest BCUT2D eigenvalue weighted by Crippen LogP contribution is -2.23. The molecular formula is C15H19NO3S2. The largest absolute Gasteiger partial charge is 0.388 e. The molecule has 0 saturated carbocycles. The van der Waals surface area contributed by atoms with Crippen LogP contribution >= 0.6 is 11.3 Å². The number of aliphatic hydroxyl groups is 1. The smallest absolute Gasteiger partial charge is 0.240 e. The molecule has 0 spiro atoms. The second-order valence-electron chi connectivity index (χ2n) is 4.85. The van der Waals surface area contributed by atoms with Crippen LogP contribution in [0.25, 0.3) is 0 Å². The van der Waals surface area contributed by atoms with Crippen LogP contribution in [-0.2, 0) is 16.6 Å². The van der Waals surface area contributed by atoms with Gasteiger partial charge in [0.25, 0.3) is 0 Å². The molecule has 0 bridgehead atoms. The van der Waals surface area contributed by atoms with Crippen molar-refractivity contribution in [2.75, 3.05) is 0 Å². The molecule has 1 aromatic heterocycles. The van der Waals surface area contributed by atoms with Crippen molar-refractivity contribution >= 4 is 21.4 Å². The molecule has 2 N–H and O–H groups in total. The van der Waals surface area contributed by atoms with Gasteiger partial charge in [0.2, 0.25) is 10.0 Å². The molecular weight excluding hydrogens is 306 g/mol. The van der Waals surface area contributed by atoms with Gasteiger partial charge < -0.3 is 5.11 Å². The first kappa shape index (κ1) is 16.2. The zero-order valence-electron chi connectivity index (χ0n) is 12.0. The summed E-state index contributed by atoms with van der Waals surface area (Å²) >= 11 is 1.53. The summed E-state index contributed by atoms with van der Waals surface area (Å²) in [5, 5.41) is 11.8. The third kappa shape index (κ3) is 3.91. The van der Waals surface area contributed by atoms with Gasteiger partial charge in [0.1, 0.15) is 0 Å². The highest BCUT2D eigenvalue weighted by molar-refractivity contribution is 7.89. The van der Waals surface area contributed by atoms with Gasteiger partial charge >= 0.3 is 0 Å². The summed E-state index contributed by atoms with van der Waals surface area (Å²) in [5.74, 6) is 0. The summed E-state index contributed by atoms with van der Waals surface area (Å²) < 4.78 is 27.2. The Balaban J connectivity index is 2.18. The van der Waals surface area contributed by atoms with Gasteiger partial charge in [-0.25, -0.2) is 13.1 Å². The lowest BCUT2D eigenvalue weighted by molar-refractivity contribution is 0.173. The lowest BCUT2D eigenvalue weighted by atomic mass is 10.1. The Labute approximate surface area is 129 Å². The average molecular weight is 325 g/mol. The number of rotatable bonds is 6. The fourth-order valence-electron chi connectivity index (χ4n) is 1.95. The summed E-state index contributed by atoms with van der Waals surface area (Å²) in [5.41, 5.74) is 1.70. The predicted octanol–water partition coefficient (Wildman–Crippen LogP) is 2.98. The summed E-state index contributed by atoms with van der Waals surface area (Å²) in [6.45, 7) is 4.09. The van der Waals surface area contributed by atoms with E-state index in [0.717, 1.165) is 10.4 Å². The van der Waals surface area contributed by atoms with Crippen LogP contribution in [0.5, 0.6) is 0 Å². The van der Waals surface area contributed by atoms with Crippen LogP contribution in [0.15, 0.2) is 40.6 Å². The molecule has 0 aliphatic carbocycles. The molecule has 0 aliphatic heterocycles. The highest BCUT2D eigenvalue weighted by Crippen LogP contribution is 2.21. The molecule has 1 unspecified atom stereocenters. The van der Waals surface area contributed by atoms with Crippen molar-refractivity contribution in [3.8, 4) is 0 Å². The number of hydrogen-bond acceptors (Lipinski definition) is 4. The van der Waals surface area contributed by atoms with Crippen molar-refractivity contribution in [2.24, 2.45) is 0 Å². The molecule has 21 heavy (non-hydrogen) atoms. The predicted molar refractivity (Wildman–Crippen MR) is 84.8 cm³/mol. The number of aryl methyl sites for hydroxylation is 1. The quantitative estimate of drug-likeness (QED) is 0.858. The number of aliphatic hydroxyl groups excluding tert-OH is 1. The Hall–Kier alpha value is -1.21. The summed E-state index contributed by atoms with van der Waals surface area (Å²) in [7, 11) is -3.57. The Morgan fingerprint density at radius 1 is 1.33 bits per heavy atom. The molecule has 0 fully saturated rings. The van der Waals surface area contributed by atoms with Crippen LogP contribution in [0.3, 0.4) is 0 Å². The van der Waals surface area contributed by atoms with Crippen LogP contribution in [0, 0.1) is 6.92 Å². The van der Waals surface area contributed by atoms with E-state index in [4.69, 9.17) is 0 Å². The van der Waals surface area contributed by atoms with Gasteiger partial charge in [-0.2, -0.15) is 0 Å². The van der Waals surface area contributed by atoms with E-state index < -0.39 is 16.1 Å². The summed E-state index contributed by atoms with van der Waals surface area (Å²) in [6, 6.07) is 8.41. The van der Waals surface area contributed by atoms with E-state index in [1.165, 1.54) is 23.5 Å². The molecule has 4 nitrogen and oxygen atoms in total. The first-order chi connectivity index (χ1) is 9.94. The minimum atomic E-state index is -3.57. The second kappa shape index (κ2) is 6.70. The Morgan fingerprint density at radius 2 is 2.10 bits per heavy atom. The van der Waals surface area contributed by atoms with Crippen LogP contribution in [0.2, 0.25) is 0 Å². The summed E-state index contributed by atoms with van der Waals surface area (Å²) in [4.78, 5) is 1.19. The van der Waals surface area contributed by atoms with E-state index in [-0.39, 0.29) is 11.4 Å². The van der Waals surface area contributed by atoms with Crippen molar-refractivity contribution < 1.29 is 13.5 Å². The highest BCUT2D eigenvalue weighted by atomic mass is 32.2. The molecule has 0 amide bonds. The second-order valence-corrected chi connectivity index (χ2v) is 7.62. The average Bonchev–Trinajstić information content (AvgIpc) is 2.90. The lowest BCUT2D eigenvalue weighted by Gasteiger charge is -2.11. The van der Waals surface area contributed by atoms with E-state index in [9.17, 15) is 13.5 Å². The van der Waals surface area contributed by atoms with Gasteiger partial charge in [0.15, 0.2) is 0 Å². The molecule has 6 heteroatoms. The maximum atomic E-state index is 12.3. The fourth-order valence-corrected chi connectivity index (χ4v) is 3.94. The summed E-state index contributed by atoms with van der Waals surface area (Å²) in [6.07, 6.45) is -0.0922. The Morgan fingerprint density at radius 3 is 2.71 bits per heavy atom. The standard InChI is InChI=1S/C15H19NO3S2/c1-3-14(17)12-5-4-6-13(9-12)21(18,19)16-10-15-11(2)7-8-20-15/h4-9,14,16-17H,3,10H2,1-2H3. The fraction of sp³-hybridized carbons (Fsp3) is 0.333. The molecule has 0 saturated heterocycles. The molecule has 1 heterocycles. The van der Waals surface area contributed by atoms with Crippen molar-refractivity contribution in [2.45, 2.75) is 37.8 Å². The van der Waals surface area contributed by atoms with Crippen molar-refractivity contribution in [1.82, 2.24) is 4.72 Å². The van der Waals surface area contributed by atoms with E-state index in [1.807, 2.05) is 25.3 Å². The SMILES string of the molecule is CCC(O)c1cccc(S(=O)(=O)NCc2sccc2C)c1. The first-order valence-electron chi connectivity index (χ1n) is 6.74. The monoisotopic (exact) mass is 325 g/mol. The van der Waals surface area contributed by atoms with Gasteiger partial charge in [-0.1, -0.05) is 19.1 Å². The number of thiophene rings is 1. The zero-order chi connectivity index (χ0) is 15.5. The van der Waals surface area contributed by atoms with Gasteiger partial charge in [-0.3, -0.25) is 0 Å². The van der Waals surface area contributed by atoms with E-state index in [1.54, 1.807) is 12.1 Å². The normalized spacial score (nSPS) is 13.3. The van der Waals surface area contributed by atoms with Crippen LogP contribution < -0.4 is 4.72 Å². The molecule has 2 aromatic rings. The van der Waals surface area contributed by atoms with Gasteiger partial charge in [-0.15, -0.1) is 11.3 Å². The Kier molecular flexibility index (Phi) is 5.16. The van der Waals surface area contributed by atoms with Crippen LogP contribution in [0.4, 0.5) is 0 Å². The number of benzene rings is 1. The van der Waals surface area contributed by atoms with Gasteiger partial charge in [0, 0.05) is 11.4 Å². The maximum Gasteiger partial charge on any atom is 0.240 e. The third-order valence-corrected chi connectivity index (χ3v) is 5.75. The number of nitrogens with one attached hydrogen (secondary N) is 1. The minimum Gasteiger partial charge on any atom is -0.388 e. The number of hydrogen-bond donors (Lipinski definition) is 2. The number of sulfonamides is 1. The maximum absolute atomic E-state index is 12.3. The third-order valence-electron chi connectivity index (χ3n) is 3.33. The zero-order valence-corrected chi connectivity index (χ0v) is 13.7. The van der Waals surface area contributed by atoms with Crippen molar-refractivity contribution in [3.63, 3.8) is 0 Å². The molecule has 1 aromatic carbocycles. The van der Waals surface area contributed by atoms with Crippen LogP contribution in [-0.4, -0.2) is 13.5 Å². The topological polar surface area (TPSA) is 66.4 Å². The first-order valence-corrected chi connectivity index (χ1v) is 9.11. The van der Waals surface area contributed by atoms with E-state index in [0.29, 0.717) is 12.0 Å². The van der Waals surface area contributed by atoms with Crippen LogP contribution in [0.1, 0.15) is 35.5 Å².